The average Bonchev–Trinajstić information content (AvgIpc) is 3.28. The topological polar surface area (TPSA) is 78.9 Å². The van der Waals surface area contributed by atoms with E-state index >= 15 is 0 Å². The molecule has 1 unspecified atom stereocenters. The molecule has 0 heterocycles. The van der Waals surface area contributed by atoms with E-state index in [-0.39, 0.29) is 31.1 Å². The molecule has 0 saturated heterocycles. The minimum Gasteiger partial charge on any atom is -0.462 e. The van der Waals surface area contributed by atoms with E-state index in [4.69, 9.17) is 14.2 Å². The van der Waals surface area contributed by atoms with Crippen molar-refractivity contribution >= 4 is 17.9 Å². The molecule has 0 radical (unpaired) electrons. The number of hydrogen-bond donors (Lipinski definition) is 0. The molecule has 63 heavy (non-hydrogen) atoms. The minimum absolute atomic E-state index is 0.0804. The standard InChI is InChI=1S/C57H102O6/c1-4-7-10-13-16-19-22-25-26-27-28-29-30-33-35-38-41-44-47-50-56(59)62-53-54(63-57(60)51-48-45-42-39-36-32-24-21-18-15-12-9-6-3)52-61-55(58)49-46-43-40-37-34-31-23-20-17-14-11-8-5-2/h9,12,15,18,21,24,27-28,54H,4-8,10-11,13-14,16-17,19-20,22-23,25-26,29-53H2,1-3H3/b12-9+,18-15+,24-21+,28-27+. The number of unbranched alkanes of at least 4 members (excludes halogenated alkanes) is 32. The van der Waals surface area contributed by atoms with Crippen LogP contribution < -0.4 is 0 Å². The lowest BCUT2D eigenvalue weighted by Gasteiger charge is -2.18. The Morgan fingerprint density at radius 3 is 1.00 bits per heavy atom. The summed E-state index contributed by atoms with van der Waals surface area (Å²) in [5, 5.41) is 0. The summed E-state index contributed by atoms with van der Waals surface area (Å²) in [7, 11) is 0. The third kappa shape index (κ3) is 50.2. The molecule has 0 fully saturated rings. The Morgan fingerprint density at radius 1 is 0.333 bits per heavy atom. The third-order valence-corrected chi connectivity index (χ3v) is 11.9. The van der Waals surface area contributed by atoms with Crippen molar-refractivity contribution in [2.24, 2.45) is 0 Å². The third-order valence-electron chi connectivity index (χ3n) is 11.9. The SMILES string of the molecule is CC/C=C/C=C/C=C/CCCCCCCC(=O)OC(COC(=O)CCCCCCCCC/C=C/CCCCCCCCCC)COC(=O)CCCCCCCCCCCCCCC. The Kier molecular flexibility index (Phi) is 49.8. The molecule has 6 nitrogen and oxygen atoms in total. The van der Waals surface area contributed by atoms with E-state index in [0.717, 1.165) is 83.5 Å². The quantitative estimate of drug-likeness (QED) is 0.0199. The molecule has 6 heteroatoms. The van der Waals surface area contributed by atoms with E-state index in [9.17, 15) is 14.4 Å². The molecular formula is C57H102O6. The van der Waals surface area contributed by atoms with Crippen molar-refractivity contribution in [1.29, 1.82) is 0 Å². The molecule has 0 rings (SSSR count). The van der Waals surface area contributed by atoms with E-state index in [2.05, 4.69) is 69.4 Å². The molecule has 1 atom stereocenters. The number of hydrogen-bond acceptors (Lipinski definition) is 6. The summed E-state index contributed by atoms with van der Waals surface area (Å²) in [6, 6.07) is 0. The lowest BCUT2D eigenvalue weighted by molar-refractivity contribution is -0.167. The van der Waals surface area contributed by atoms with E-state index < -0.39 is 6.10 Å². The monoisotopic (exact) mass is 883 g/mol. The lowest BCUT2D eigenvalue weighted by atomic mass is 10.0. The summed E-state index contributed by atoms with van der Waals surface area (Å²) < 4.78 is 16.8. The average molecular weight is 883 g/mol. The van der Waals surface area contributed by atoms with Gasteiger partial charge in [-0.2, -0.15) is 0 Å². The van der Waals surface area contributed by atoms with Crippen LogP contribution in [0.1, 0.15) is 278 Å². The summed E-state index contributed by atoms with van der Waals surface area (Å²) in [5.74, 6) is -0.896. The molecule has 0 bridgehead atoms. The van der Waals surface area contributed by atoms with Crippen molar-refractivity contribution in [3.8, 4) is 0 Å². The van der Waals surface area contributed by atoms with Crippen molar-refractivity contribution in [3.05, 3.63) is 48.6 Å². The zero-order chi connectivity index (χ0) is 45.8. The second-order valence-corrected chi connectivity index (χ2v) is 18.2. The predicted octanol–water partition coefficient (Wildman–Crippen LogP) is 17.9. The summed E-state index contributed by atoms with van der Waals surface area (Å²) in [5.41, 5.74) is 0. The Labute approximate surface area is 390 Å². The number of rotatable bonds is 49. The highest BCUT2D eigenvalue weighted by Crippen LogP contribution is 2.16. The smallest absolute Gasteiger partial charge is 0.306 e. The molecule has 0 aliphatic rings. The predicted molar refractivity (Wildman–Crippen MR) is 270 cm³/mol. The second kappa shape index (κ2) is 52.0. The van der Waals surface area contributed by atoms with Gasteiger partial charge in [-0.25, -0.2) is 0 Å². The van der Waals surface area contributed by atoms with Crippen LogP contribution in [0.15, 0.2) is 48.6 Å². The maximum Gasteiger partial charge on any atom is 0.306 e. The molecule has 366 valence electrons. The first-order chi connectivity index (χ1) is 31.0. The molecule has 0 N–H and O–H groups in total. The van der Waals surface area contributed by atoms with E-state index in [1.165, 1.54) is 154 Å². The maximum atomic E-state index is 12.8. The van der Waals surface area contributed by atoms with Crippen LogP contribution in [0.25, 0.3) is 0 Å². The first kappa shape index (κ1) is 60.4. The van der Waals surface area contributed by atoms with Gasteiger partial charge in [-0.3, -0.25) is 14.4 Å². The fourth-order valence-corrected chi connectivity index (χ4v) is 7.79. The normalized spacial score (nSPS) is 12.4. The summed E-state index contributed by atoms with van der Waals surface area (Å²) in [6.45, 7) is 6.51. The van der Waals surface area contributed by atoms with Crippen molar-refractivity contribution in [2.75, 3.05) is 13.2 Å². The van der Waals surface area contributed by atoms with E-state index in [1.54, 1.807) is 0 Å². The fraction of sp³-hybridized carbons (Fsp3) is 0.807. The summed E-state index contributed by atoms with van der Waals surface area (Å²) >= 11 is 0. The highest BCUT2D eigenvalue weighted by molar-refractivity contribution is 5.71. The van der Waals surface area contributed by atoms with Crippen LogP contribution in [0.3, 0.4) is 0 Å². The van der Waals surface area contributed by atoms with Gasteiger partial charge in [-0.1, -0.05) is 243 Å². The van der Waals surface area contributed by atoms with E-state index in [1.807, 2.05) is 0 Å². The van der Waals surface area contributed by atoms with Crippen LogP contribution in [0.4, 0.5) is 0 Å². The zero-order valence-corrected chi connectivity index (χ0v) is 41.8. The first-order valence-corrected chi connectivity index (χ1v) is 27.2. The molecule has 0 aromatic heterocycles. The Morgan fingerprint density at radius 2 is 0.635 bits per heavy atom. The molecule has 0 saturated carbocycles. The van der Waals surface area contributed by atoms with Gasteiger partial charge >= 0.3 is 17.9 Å². The number of ether oxygens (including phenoxy) is 3. The van der Waals surface area contributed by atoms with Gasteiger partial charge in [-0.05, 0) is 64.2 Å². The minimum atomic E-state index is -0.782. The Balaban J connectivity index is 4.34. The number of allylic oxidation sites excluding steroid dienone is 8. The van der Waals surface area contributed by atoms with Gasteiger partial charge in [0.15, 0.2) is 6.10 Å². The van der Waals surface area contributed by atoms with Crippen LogP contribution in [-0.4, -0.2) is 37.2 Å². The van der Waals surface area contributed by atoms with Crippen LogP contribution >= 0.6 is 0 Å². The number of carbonyl (C=O) groups is 3. The number of esters is 3. The van der Waals surface area contributed by atoms with Gasteiger partial charge in [0.2, 0.25) is 0 Å². The highest BCUT2D eigenvalue weighted by Gasteiger charge is 2.19. The largest absolute Gasteiger partial charge is 0.462 e. The molecular weight excluding hydrogens is 781 g/mol. The van der Waals surface area contributed by atoms with Gasteiger partial charge in [0.25, 0.3) is 0 Å². The molecule has 0 aliphatic carbocycles. The van der Waals surface area contributed by atoms with Crippen LogP contribution in [0, 0.1) is 0 Å². The Hall–Kier alpha value is -2.63. The second-order valence-electron chi connectivity index (χ2n) is 18.2. The van der Waals surface area contributed by atoms with Crippen LogP contribution in [0.5, 0.6) is 0 Å². The Bertz CT molecular complexity index is 1110. The maximum absolute atomic E-state index is 12.8. The highest BCUT2D eigenvalue weighted by atomic mass is 16.6. The van der Waals surface area contributed by atoms with Gasteiger partial charge < -0.3 is 14.2 Å². The summed E-state index contributed by atoms with van der Waals surface area (Å²) in [6.07, 6.45) is 62.4. The van der Waals surface area contributed by atoms with Crippen molar-refractivity contribution in [1.82, 2.24) is 0 Å². The lowest BCUT2D eigenvalue weighted by Crippen LogP contribution is -2.30. The van der Waals surface area contributed by atoms with Gasteiger partial charge in [-0.15, -0.1) is 0 Å². The van der Waals surface area contributed by atoms with Crippen molar-refractivity contribution in [3.63, 3.8) is 0 Å². The van der Waals surface area contributed by atoms with E-state index in [0.29, 0.717) is 19.3 Å². The fourth-order valence-electron chi connectivity index (χ4n) is 7.79. The van der Waals surface area contributed by atoms with Crippen LogP contribution in [0.2, 0.25) is 0 Å². The molecule has 0 amide bonds. The zero-order valence-electron chi connectivity index (χ0n) is 41.8. The number of carbonyl (C=O) groups excluding carboxylic acids is 3. The molecule has 0 aromatic rings. The van der Waals surface area contributed by atoms with Gasteiger partial charge in [0, 0.05) is 19.3 Å². The van der Waals surface area contributed by atoms with Gasteiger partial charge in [0.1, 0.15) is 13.2 Å². The molecule has 0 aliphatic heterocycles. The first-order valence-electron chi connectivity index (χ1n) is 27.2. The molecule has 0 aromatic carbocycles. The summed E-state index contributed by atoms with van der Waals surface area (Å²) in [4.78, 5) is 38.0. The van der Waals surface area contributed by atoms with Gasteiger partial charge in [0.05, 0.1) is 0 Å². The van der Waals surface area contributed by atoms with Crippen molar-refractivity contribution in [2.45, 2.75) is 284 Å². The van der Waals surface area contributed by atoms with Crippen molar-refractivity contribution < 1.29 is 28.6 Å². The molecule has 0 spiro atoms. The van der Waals surface area contributed by atoms with Crippen LogP contribution in [-0.2, 0) is 28.6 Å².